The molecule has 0 unspecified atom stereocenters. The summed E-state index contributed by atoms with van der Waals surface area (Å²) in [5.74, 6) is -0.0985. The molecule has 0 bridgehead atoms. The molecule has 0 aliphatic rings. The van der Waals surface area contributed by atoms with Crippen molar-refractivity contribution in [1.82, 2.24) is 0 Å². The predicted octanol–water partition coefficient (Wildman–Crippen LogP) is 2.69. The van der Waals surface area contributed by atoms with Crippen LogP contribution >= 0.6 is 0 Å². The Balaban J connectivity index is 3.24. The molecule has 0 spiro atoms. The molecule has 0 aromatic carbocycles. The standard InChI is InChI=1S/C10H18O2/c1-3-5-6-7-8-9-10(11)12-4-2/h6-7H,3-5,8-9H2,1-2H3. The van der Waals surface area contributed by atoms with Gasteiger partial charge in [-0.3, -0.25) is 4.79 Å². The Morgan fingerprint density at radius 3 is 2.50 bits per heavy atom. The topological polar surface area (TPSA) is 26.3 Å². The van der Waals surface area contributed by atoms with Gasteiger partial charge < -0.3 is 4.74 Å². The van der Waals surface area contributed by atoms with Gasteiger partial charge in [0.05, 0.1) is 6.61 Å². The summed E-state index contributed by atoms with van der Waals surface area (Å²) >= 11 is 0. The lowest BCUT2D eigenvalue weighted by Gasteiger charge is -1.97. The number of unbranched alkanes of at least 4 members (excludes halogenated alkanes) is 1. The summed E-state index contributed by atoms with van der Waals surface area (Å²) < 4.78 is 4.78. The zero-order valence-electron chi connectivity index (χ0n) is 8.01. The maximum Gasteiger partial charge on any atom is 0.306 e. The average molecular weight is 170 g/mol. The molecule has 0 N–H and O–H groups in total. The number of ether oxygens (including phenoxy) is 1. The second-order valence-electron chi connectivity index (χ2n) is 2.60. The fourth-order valence-electron chi connectivity index (χ4n) is 0.837. The van der Waals surface area contributed by atoms with Gasteiger partial charge >= 0.3 is 5.97 Å². The van der Waals surface area contributed by atoms with Crippen LogP contribution in [0.1, 0.15) is 39.5 Å². The van der Waals surface area contributed by atoms with E-state index >= 15 is 0 Å². The Labute approximate surface area is 74.6 Å². The molecule has 0 aromatic heterocycles. The predicted molar refractivity (Wildman–Crippen MR) is 49.9 cm³/mol. The lowest BCUT2D eigenvalue weighted by atomic mass is 10.2. The number of hydrogen-bond donors (Lipinski definition) is 0. The van der Waals surface area contributed by atoms with Crippen LogP contribution in [0.15, 0.2) is 12.2 Å². The third kappa shape index (κ3) is 7.32. The first-order valence-electron chi connectivity index (χ1n) is 4.61. The van der Waals surface area contributed by atoms with Gasteiger partial charge in [-0.05, 0) is 19.8 Å². The minimum Gasteiger partial charge on any atom is -0.466 e. The highest BCUT2D eigenvalue weighted by Gasteiger charge is 1.97. The minimum absolute atomic E-state index is 0.0985. The van der Waals surface area contributed by atoms with Crippen LogP contribution in [0.2, 0.25) is 0 Å². The van der Waals surface area contributed by atoms with Gasteiger partial charge in [-0.1, -0.05) is 25.5 Å². The van der Waals surface area contributed by atoms with E-state index in [-0.39, 0.29) is 5.97 Å². The minimum atomic E-state index is -0.0985. The van der Waals surface area contributed by atoms with Crippen LogP contribution < -0.4 is 0 Å². The van der Waals surface area contributed by atoms with Crippen molar-refractivity contribution < 1.29 is 9.53 Å². The van der Waals surface area contributed by atoms with Crippen molar-refractivity contribution in [2.75, 3.05) is 6.61 Å². The van der Waals surface area contributed by atoms with E-state index in [1.165, 1.54) is 0 Å². The molecule has 0 heterocycles. The van der Waals surface area contributed by atoms with Gasteiger partial charge in [0.15, 0.2) is 0 Å². The SMILES string of the molecule is CCCC=CCCC(=O)OCC. The normalized spacial score (nSPS) is 10.5. The van der Waals surface area contributed by atoms with Crippen LogP contribution in [0.4, 0.5) is 0 Å². The van der Waals surface area contributed by atoms with Gasteiger partial charge in [0.1, 0.15) is 0 Å². The summed E-state index contributed by atoms with van der Waals surface area (Å²) in [6.07, 6.45) is 7.73. The molecule has 70 valence electrons. The molecule has 12 heavy (non-hydrogen) atoms. The summed E-state index contributed by atoms with van der Waals surface area (Å²) in [6.45, 7) is 4.44. The first-order valence-corrected chi connectivity index (χ1v) is 4.61. The van der Waals surface area contributed by atoms with E-state index < -0.39 is 0 Å². The van der Waals surface area contributed by atoms with Crippen molar-refractivity contribution in [3.63, 3.8) is 0 Å². The average Bonchev–Trinajstić information content (AvgIpc) is 2.05. The zero-order valence-corrected chi connectivity index (χ0v) is 8.01. The number of allylic oxidation sites excluding steroid dienone is 2. The van der Waals surface area contributed by atoms with Crippen LogP contribution in [-0.4, -0.2) is 12.6 Å². The number of carbonyl (C=O) groups excluding carboxylic acids is 1. The highest BCUT2D eigenvalue weighted by Crippen LogP contribution is 1.96. The fourth-order valence-corrected chi connectivity index (χ4v) is 0.837. The maximum atomic E-state index is 10.8. The molecule has 0 aromatic rings. The molecule has 0 amide bonds. The summed E-state index contributed by atoms with van der Waals surface area (Å²) in [7, 11) is 0. The molecule has 0 saturated heterocycles. The highest BCUT2D eigenvalue weighted by molar-refractivity contribution is 5.69. The Morgan fingerprint density at radius 2 is 1.92 bits per heavy atom. The fraction of sp³-hybridized carbons (Fsp3) is 0.700. The Hall–Kier alpha value is -0.790. The second-order valence-corrected chi connectivity index (χ2v) is 2.60. The van der Waals surface area contributed by atoms with Crippen molar-refractivity contribution in [1.29, 1.82) is 0 Å². The molecule has 2 nitrogen and oxygen atoms in total. The van der Waals surface area contributed by atoms with Gasteiger partial charge in [-0.25, -0.2) is 0 Å². The third-order valence-electron chi connectivity index (χ3n) is 1.44. The van der Waals surface area contributed by atoms with Crippen LogP contribution in [0, 0.1) is 0 Å². The summed E-state index contributed by atoms with van der Waals surface area (Å²) in [5, 5.41) is 0. The highest BCUT2D eigenvalue weighted by atomic mass is 16.5. The summed E-state index contributed by atoms with van der Waals surface area (Å²) in [5.41, 5.74) is 0. The summed E-state index contributed by atoms with van der Waals surface area (Å²) in [4.78, 5) is 10.8. The Morgan fingerprint density at radius 1 is 1.25 bits per heavy atom. The zero-order chi connectivity index (χ0) is 9.23. The molecule has 0 saturated carbocycles. The van der Waals surface area contributed by atoms with Gasteiger partial charge in [0.25, 0.3) is 0 Å². The molecule has 2 heteroatoms. The Bertz CT molecular complexity index is 139. The van der Waals surface area contributed by atoms with Crippen molar-refractivity contribution >= 4 is 5.97 Å². The van der Waals surface area contributed by atoms with Crippen molar-refractivity contribution in [2.24, 2.45) is 0 Å². The molecule has 0 atom stereocenters. The van der Waals surface area contributed by atoms with Gasteiger partial charge in [-0.2, -0.15) is 0 Å². The van der Waals surface area contributed by atoms with Crippen LogP contribution in [-0.2, 0) is 9.53 Å². The molecule has 0 aliphatic heterocycles. The lowest BCUT2D eigenvalue weighted by Crippen LogP contribution is -2.02. The van der Waals surface area contributed by atoms with Crippen LogP contribution in [0.25, 0.3) is 0 Å². The van der Waals surface area contributed by atoms with E-state index in [1.54, 1.807) is 0 Å². The van der Waals surface area contributed by atoms with Gasteiger partial charge in [0.2, 0.25) is 0 Å². The molecule has 0 radical (unpaired) electrons. The smallest absolute Gasteiger partial charge is 0.306 e. The molecular formula is C10H18O2. The number of hydrogen-bond acceptors (Lipinski definition) is 2. The van der Waals surface area contributed by atoms with Gasteiger partial charge in [0, 0.05) is 6.42 Å². The van der Waals surface area contributed by atoms with E-state index in [9.17, 15) is 4.79 Å². The van der Waals surface area contributed by atoms with Crippen molar-refractivity contribution in [3.8, 4) is 0 Å². The first-order chi connectivity index (χ1) is 5.81. The number of esters is 1. The van der Waals surface area contributed by atoms with Crippen molar-refractivity contribution in [2.45, 2.75) is 39.5 Å². The maximum absolute atomic E-state index is 10.8. The van der Waals surface area contributed by atoms with E-state index in [1.807, 2.05) is 13.0 Å². The third-order valence-corrected chi connectivity index (χ3v) is 1.44. The lowest BCUT2D eigenvalue weighted by molar-refractivity contribution is -0.142. The quantitative estimate of drug-likeness (QED) is 0.452. The van der Waals surface area contributed by atoms with Crippen molar-refractivity contribution in [3.05, 3.63) is 12.2 Å². The monoisotopic (exact) mass is 170 g/mol. The summed E-state index contributed by atoms with van der Waals surface area (Å²) in [6, 6.07) is 0. The van der Waals surface area contributed by atoms with E-state index in [0.29, 0.717) is 13.0 Å². The number of rotatable bonds is 6. The van der Waals surface area contributed by atoms with E-state index in [0.717, 1.165) is 19.3 Å². The van der Waals surface area contributed by atoms with Crippen LogP contribution in [0.5, 0.6) is 0 Å². The van der Waals surface area contributed by atoms with E-state index in [2.05, 4.69) is 13.0 Å². The van der Waals surface area contributed by atoms with Gasteiger partial charge in [-0.15, -0.1) is 0 Å². The first kappa shape index (κ1) is 11.2. The molecule has 0 rings (SSSR count). The van der Waals surface area contributed by atoms with Crippen LogP contribution in [0.3, 0.4) is 0 Å². The molecular weight excluding hydrogens is 152 g/mol. The molecule has 0 aliphatic carbocycles. The number of carbonyl (C=O) groups is 1. The molecule has 0 fully saturated rings. The Kier molecular flexibility index (Phi) is 7.76. The largest absolute Gasteiger partial charge is 0.466 e. The second kappa shape index (κ2) is 8.31. The van der Waals surface area contributed by atoms with E-state index in [4.69, 9.17) is 4.74 Å².